The SMILES string of the molecule is Cc1ccn2c(-c3nnc(Cc4ccc(Cl)cc4)o3)c(C)nc2c1. The Morgan fingerprint density at radius 1 is 1.08 bits per heavy atom. The predicted octanol–water partition coefficient (Wildman–Crippen LogP) is 4.25. The van der Waals surface area contributed by atoms with Crippen LogP contribution in [0, 0.1) is 13.8 Å². The topological polar surface area (TPSA) is 56.2 Å². The van der Waals surface area contributed by atoms with Crippen molar-refractivity contribution in [2.24, 2.45) is 0 Å². The first-order chi connectivity index (χ1) is 11.6. The van der Waals surface area contributed by atoms with Crippen LogP contribution in [0.5, 0.6) is 0 Å². The molecule has 0 N–H and O–H groups in total. The highest BCUT2D eigenvalue weighted by molar-refractivity contribution is 6.30. The molecule has 120 valence electrons. The molecule has 0 saturated heterocycles. The molecule has 6 heteroatoms. The Morgan fingerprint density at radius 3 is 2.67 bits per heavy atom. The third-order valence-corrected chi connectivity index (χ3v) is 4.15. The predicted molar refractivity (Wildman–Crippen MR) is 92.2 cm³/mol. The van der Waals surface area contributed by atoms with Crippen LogP contribution in [0.25, 0.3) is 17.2 Å². The van der Waals surface area contributed by atoms with Gasteiger partial charge in [0.15, 0.2) is 0 Å². The number of hydrogen-bond acceptors (Lipinski definition) is 4. The van der Waals surface area contributed by atoms with Gasteiger partial charge in [0.25, 0.3) is 5.89 Å². The Bertz CT molecular complexity index is 1020. The maximum absolute atomic E-state index is 5.91. The van der Waals surface area contributed by atoms with E-state index < -0.39 is 0 Å². The first kappa shape index (κ1) is 14.9. The zero-order valence-electron chi connectivity index (χ0n) is 13.3. The number of aryl methyl sites for hydroxylation is 2. The van der Waals surface area contributed by atoms with Crippen molar-refractivity contribution in [3.63, 3.8) is 0 Å². The summed E-state index contributed by atoms with van der Waals surface area (Å²) in [6.07, 6.45) is 2.54. The second-order valence-corrected chi connectivity index (χ2v) is 6.22. The van der Waals surface area contributed by atoms with Gasteiger partial charge in [0, 0.05) is 11.2 Å². The van der Waals surface area contributed by atoms with E-state index in [0.717, 1.165) is 28.2 Å². The summed E-state index contributed by atoms with van der Waals surface area (Å²) in [6, 6.07) is 11.7. The van der Waals surface area contributed by atoms with E-state index >= 15 is 0 Å². The molecular formula is C18H15ClN4O. The molecule has 4 rings (SSSR count). The van der Waals surface area contributed by atoms with E-state index in [9.17, 15) is 0 Å². The minimum atomic E-state index is 0.479. The third kappa shape index (κ3) is 2.67. The minimum absolute atomic E-state index is 0.479. The van der Waals surface area contributed by atoms with Crippen molar-refractivity contribution < 1.29 is 4.42 Å². The molecule has 1 aromatic carbocycles. The van der Waals surface area contributed by atoms with Crippen molar-refractivity contribution in [2.45, 2.75) is 20.3 Å². The molecule has 4 aromatic rings. The van der Waals surface area contributed by atoms with Crippen LogP contribution in [-0.2, 0) is 6.42 Å². The van der Waals surface area contributed by atoms with Gasteiger partial charge in [-0.2, -0.15) is 0 Å². The highest BCUT2D eigenvalue weighted by Crippen LogP contribution is 2.25. The Kier molecular flexibility index (Phi) is 3.58. The molecule has 0 atom stereocenters. The highest BCUT2D eigenvalue weighted by Gasteiger charge is 2.17. The number of imidazole rings is 1. The molecule has 3 heterocycles. The molecule has 0 radical (unpaired) electrons. The van der Waals surface area contributed by atoms with E-state index in [1.165, 1.54) is 0 Å². The Labute approximate surface area is 143 Å². The number of aromatic nitrogens is 4. The zero-order chi connectivity index (χ0) is 16.7. The maximum Gasteiger partial charge on any atom is 0.266 e. The standard InChI is InChI=1S/C18H15ClN4O/c1-11-7-8-23-15(9-11)20-12(2)17(23)18-22-21-16(24-18)10-13-3-5-14(19)6-4-13/h3-9H,10H2,1-2H3. The van der Waals surface area contributed by atoms with Gasteiger partial charge in [-0.25, -0.2) is 4.98 Å². The molecule has 0 spiro atoms. The summed E-state index contributed by atoms with van der Waals surface area (Å²) in [7, 11) is 0. The Morgan fingerprint density at radius 2 is 1.88 bits per heavy atom. The van der Waals surface area contributed by atoms with E-state index in [-0.39, 0.29) is 0 Å². The molecule has 24 heavy (non-hydrogen) atoms. The summed E-state index contributed by atoms with van der Waals surface area (Å²) in [6.45, 7) is 3.99. The highest BCUT2D eigenvalue weighted by atomic mass is 35.5. The normalized spacial score (nSPS) is 11.3. The number of fused-ring (bicyclic) bond motifs is 1. The fourth-order valence-corrected chi connectivity index (χ4v) is 2.85. The quantitative estimate of drug-likeness (QED) is 0.560. The summed E-state index contributed by atoms with van der Waals surface area (Å²) < 4.78 is 7.84. The maximum atomic E-state index is 5.91. The van der Waals surface area contributed by atoms with Gasteiger partial charge < -0.3 is 4.42 Å². The molecule has 0 bridgehead atoms. The Hall–Kier alpha value is -2.66. The Balaban J connectivity index is 1.70. The lowest BCUT2D eigenvalue weighted by molar-refractivity contribution is 0.515. The molecule has 0 aliphatic heterocycles. The second kappa shape index (κ2) is 5.76. The lowest BCUT2D eigenvalue weighted by Crippen LogP contribution is -1.89. The zero-order valence-corrected chi connectivity index (χ0v) is 14.1. The van der Waals surface area contributed by atoms with Gasteiger partial charge in [0.2, 0.25) is 5.89 Å². The fraction of sp³-hybridized carbons (Fsp3) is 0.167. The van der Waals surface area contributed by atoms with Gasteiger partial charge in [0.1, 0.15) is 11.3 Å². The number of pyridine rings is 1. The lowest BCUT2D eigenvalue weighted by Gasteiger charge is -1.99. The summed E-state index contributed by atoms with van der Waals surface area (Å²) in [5.41, 5.74) is 4.80. The number of benzene rings is 1. The summed E-state index contributed by atoms with van der Waals surface area (Å²) in [5, 5.41) is 9.08. The van der Waals surface area contributed by atoms with E-state index in [4.69, 9.17) is 16.0 Å². The largest absolute Gasteiger partial charge is 0.419 e. The lowest BCUT2D eigenvalue weighted by atomic mass is 10.1. The van der Waals surface area contributed by atoms with Crippen molar-refractivity contribution in [1.29, 1.82) is 0 Å². The van der Waals surface area contributed by atoms with Crippen LogP contribution in [0.1, 0.15) is 22.7 Å². The van der Waals surface area contributed by atoms with E-state index in [2.05, 4.69) is 15.2 Å². The smallest absolute Gasteiger partial charge is 0.266 e. The van der Waals surface area contributed by atoms with E-state index in [0.29, 0.717) is 23.2 Å². The van der Waals surface area contributed by atoms with E-state index in [1.54, 1.807) is 0 Å². The minimum Gasteiger partial charge on any atom is -0.419 e. The molecular weight excluding hydrogens is 324 g/mol. The summed E-state index contributed by atoms with van der Waals surface area (Å²) in [5.74, 6) is 1.04. The summed E-state index contributed by atoms with van der Waals surface area (Å²) in [4.78, 5) is 4.57. The van der Waals surface area contributed by atoms with Gasteiger partial charge >= 0.3 is 0 Å². The summed E-state index contributed by atoms with van der Waals surface area (Å²) >= 11 is 5.91. The fourth-order valence-electron chi connectivity index (χ4n) is 2.72. The van der Waals surface area contributed by atoms with Crippen LogP contribution in [-0.4, -0.2) is 19.6 Å². The van der Waals surface area contributed by atoms with Crippen molar-refractivity contribution in [1.82, 2.24) is 19.6 Å². The third-order valence-electron chi connectivity index (χ3n) is 3.89. The van der Waals surface area contributed by atoms with Crippen LogP contribution in [0.3, 0.4) is 0 Å². The van der Waals surface area contributed by atoms with Crippen LogP contribution < -0.4 is 0 Å². The first-order valence-corrected chi connectivity index (χ1v) is 8.00. The molecule has 0 unspecified atom stereocenters. The first-order valence-electron chi connectivity index (χ1n) is 7.62. The van der Waals surface area contributed by atoms with Crippen molar-refractivity contribution in [3.8, 4) is 11.6 Å². The van der Waals surface area contributed by atoms with Crippen LogP contribution >= 0.6 is 11.6 Å². The molecule has 0 fully saturated rings. The van der Waals surface area contributed by atoms with Crippen molar-refractivity contribution in [3.05, 3.63) is 70.3 Å². The molecule has 0 saturated carbocycles. The van der Waals surface area contributed by atoms with Crippen molar-refractivity contribution >= 4 is 17.2 Å². The van der Waals surface area contributed by atoms with Crippen LogP contribution in [0.2, 0.25) is 5.02 Å². The number of hydrogen-bond donors (Lipinski definition) is 0. The van der Waals surface area contributed by atoms with Crippen molar-refractivity contribution in [2.75, 3.05) is 0 Å². The van der Waals surface area contributed by atoms with Crippen LogP contribution in [0.15, 0.2) is 47.0 Å². The average molecular weight is 339 g/mol. The number of rotatable bonds is 3. The number of halogens is 1. The average Bonchev–Trinajstić information content (AvgIpc) is 3.12. The van der Waals surface area contributed by atoms with E-state index in [1.807, 2.05) is 60.8 Å². The molecule has 0 aliphatic carbocycles. The molecule has 0 aliphatic rings. The number of nitrogens with zero attached hydrogens (tertiary/aromatic N) is 4. The monoisotopic (exact) mass is 338 g/mol. The van der Waals surface area contributed by atoms with Crippen LogP contribution in [0.4, 0.5) is 0 Å². The van der Waals surface area contributed by atoms with Gasteiger partial charge in [-0.15, -0.1) is 10.2 Å². The molecule has 3 aromatic heterocycles. The van der Waals surface area contributed by atoms with Gasteiger partial charge in [-0.3, -0.25) is 4.40 Å². The second-order valence-electron chi connectivity index (χ2n) is 5.78. The van der Waals surface area contributed by atoms with Gasteiger partial charge in [-0.05, 0) is 49.2 Å². The molecule has 0 amide bonds. The van der Waals surface area contributed by atoms with Gasteiger partial charge in [0.05, 0.1) is 12.1 Å². The van der Waals surface area contributed by atoms with Gasteiger partial charge in [-0.1, -0.05) is 23.7 Å². The molecule has 5 nitrogen and oxygen atoms in total.